The number of benzene rings is 2. The zero-order valence-corrected chi connectivity index (χ0v) is 20.0. The van der Waals surface area contributed by atoms with Gasteiger partial charge in [-0.2, -0.15) is 0 Å². The fourth-order valence-electron chi connectivity index (χ4n) is 2.38. The van der Waals surface area contributed by atoms with E-state index in [9.17, 15) is 18.0 Å². The maximum Gasteiger partial charge on any atom is 0.327 e. The van der Waals surface area contributed by atoms with Gasteiger partial charge in [-0.3, -0.25) is 15.4 Å². The van der Waals surface area contributed by atoms with Gasteiger partial charge in [-0.15, -0.1) is 0 Å². The van der Waals surface area contributed by atoms with Gasteiger partial charge in [0.25, 0.3) is 5.91 Å². The van der Waals surface area contributed by atoms with E-state index in [-0.39, 0.29) is 36.4 Å². The van der Waals surface area contributed by atoms with Crippen molar-refractivity contribution in [3.63, 3.8) is 0 Å². The summed E-state index contributed by atoms with van der Waals surface area (Å²) in [6.07, 6.45) is 0.947. The van der Waals surface area contributed by atoms with E-state index >= 15 is 0 Å². The highest BCUT2D eigenvalue weighted by molar-refractivity contribution is 7.91. The molecule has 0 unspecified atom stereocenters. The summed E-state index contributed by atoms with van der Waals surface area (Å²) < 4.78 is 25.5. The van der Waals surface area contributed by atoms with Crippen LogP contribution in [-0.2, 0) is 9.84 Å². The molecule has 0 fully saturated rings. The number of carbonyl (C=O) groups is 2. The molecule has 2 N–H and O–H groups in total. The molecule has 0 bridgehead atoms. The normalized spacial score (nSPS) is 11.2. The van der Waals surface area contributed by atoms with Crippen LogP contribution in [0.2, 0.25) is 25.2 Å². The van der Waals surface area contributed by atoms with Crippen LogP contribution in [0, 0.1) is 0 Å². The van der Waals surface area contributed by atoms with Gasteiger partial charge in [-0.05, 0) is 30.3 Å². The predicted molar refractivity (Wildman–Crippen MR) is 122 cm³/mol. The van der Waals surface area contributed by atoms with E-state index in [1.165, 1.54) is 30.3 Å². The van der Waals surface area contributed by atoms with Crippen LogP contribution in [0.1, 0.15) is 10.4 Å². The van der Waals surface area contributed by atoms with Crippen LogP contribution >= 0.6 is 58.0 Å². The molecule has 8 nitrogen and oxygen atoms in total. The number of urea groups is 1. The zero-order chi connectivity index (χ0) is 23.6. The van der Waals surface area contributed by atoms with Crippen molar-refractivity contribution in [2.45, 2.75) is 9.92 Å². The van der Waals surface area contributed by atoms with Crippen LogP contribution in [-0.4, -0.2) is 30.3 Å². The lowest BCUT2D eigenvalue weighted by Crippen LogP contribution is -2.35. The lowest BCUT2D eigenvalue weighted by Gasteiger charge is -2.10. The minimum Gasteiger partial charge on any atom is -0.291 e. The quantitative estimate of drug-likeness (QED) is 0.437. The van der Waals surface area contributed by atoms with E-state index in [4.69, 9.17) is 58.0 Å². The Kier molecular flexibility index (Phi) is 7.49. The first-order chi connectivity index (χ1) is 15.0. The third-order valence-corrected chi connectivity index (χ3v) is 7.24. The Morgan fingerprint density at radius 2 is 1.53 bits per heavy atom. The van der Waals surface area contributed by atoms with Gasteiger partial charge in [0, 0.05) is 0 Å². The summed E-state index contributed by atoms with van der Waals surface area (Å²) in [5.74, 6) is -1.09. The Morgan fingerprint density at radius 1 is 0.875 bits per heavy atom. The molecule has 1 aromatic heterocycles. The Hall–Kier alpha value is -2.14. The smallest absolute Gasteiger partial charge is 0.291 e. The second kappa shape index (κ2) is 9.78. The molecular formula is C18H9Cl5N4O4S. The fraction of sp³-hybridized carbons (Fsp3) is 0. The molecule has 0 aliphatic heterocycles. The van der Waals surface area contributed by atoms with Gasteiger partial charge >= 0.3 is 6.03 Å². The molecule has 0 aliphatic rings. The van der Waals surface area contributed by atoms with Gasteiger partial charge in [0.15, 0.2) is 16.0 Å². The number of hydrogen-bond donors (Lipinski definition) is 2. The van der Waals surface area contributed by atoms with Crippen LogP contribution in [0.25, 0.3) is 0 Å². The maximum absolute atomic E-state index is 12.8. The second-order valence-electron chi connectivity index (χ2n) is 5.94. The number of amides is 3. The van der Waals surface area contributed by atoms with Crippen LogP contribution in [0.5, 0.6) is 0 Å². The SMILES string of the molecule is O=C(NC(=O)c1c(Cl)cccc1Cl)Nc1cnc(S(=O)(=O)c2ccc(Cl)c(Cl)c2)c(Cl)n1. The third kappa shape index (κ3) is 5.25. The van der Waals surface area contributed by atoms with Gasteiger partial charge in [0.1, 0.15) is 0 Å². The predicted octanol–water partition coefficient (Wildman–Crippen LogP) is 5.54. The summed E-state index contributed by atoms with van der Waals surface area (Å²) in [6, 6.07) is 7.07. The average molecular weight is 555 g/mol. The number of carbonyl (C=O) groups excluding carboxylic acids is 2. The number of nitrogens with zero attached hydrogens (tertiary/aromatic N) is 2. The summed E-state index contributed by atoms with van der Waals surface area (Å²) >= 11 is 29.5. The van der Waals surface area contributed by atoms with Gasteiger partial charge in [0.05, 0.1) is 36.7 Å². The lowest BCUT2D eigenvalue weighted by atomic mass is 10.2. The summed E-state index contributed by atoms with van der Waals surface area (Å²) in [5, 5.41) is 3.42. The molecule has 0 radical (unpaired) electrons. The molecule has 2 aromatic carbocycles. The molecule has 32 heavy (non-hydrogen) atoms. The molecule has 0 atom stereocenters. The second-order valence-corrected chi connectivity index (χ2v) is 9.79. The number of nitrogens with one attached hydrogen (secondary N) is 2. The van der Waals surface area contributed by atoms with Crippen LogP contribution in [0.15, 0.2) is 52.5 Å². The molecule has 3 aromatic rings. The van der Waals surface area contributed by atoms with Crippen LogP contribution < -0.4 is 10.6 Å². The van der Waals surface area contributed by atoms with E-state index in [1.54, 1.807) is 0 Å². The highest BCUT2D eigenvalue weighted by Crippen LogP contribution is 2.30. The highest BCUT2D eigenvalue weighted by Gasteiger charge is 2.25. The minimum atomic E-state index is -4.18. The number of halogens is 5. The van der Waals surface area contributed by atoms with E-state index in [2.05, 4.69) is 15.3 Å². The molecular weight excluding hydrogens is 546 g/mol. The number of hydrogen-bond acceptors (Lipinski definition) is 6. The maximum atomic E-state index is 12.8. The first-order valence-electron chi connectivity index (χ1n) is 8.29. The molecule has 0 aliphatic carbocycles. The average Bonchev–Trinajstić information content (AvgIpc) is 2.69. The summed E-state index contributed by atoms with van der Waals surface area (Å²) in [4.78, 5) is 31.7. The first-order valence-corrected chi connectivity index (χ1v) is 11.7. The molecule has 0 spiro atoms. The Bertz CT molecular complexity index is 1330. The number of aromatic nitrogens is 2. The molecule has 166 valence electrons. The Balaban J connectivity index is 1.78. The summed E-state index contributed by atoms with van der Waals surface area (Å²) in [7, 11) is -4.18. The minimum absolute atomic E-state index is 0.0232. The molecule has 3 amide bonds. The van der Waals surface area contributed by atoms with E-state index in [0.29, 0.717) is 0 Å². The molecule has 1 heterocycles. The van der Waals surface area contributed by atoms with Crippen molar-refractivity contribution in [1.29, 1.82) is 0 Å². The van der Waals surface area contributed by atoms with Gasteiger partial charge < -0.3 is 0 Å². The van der Waals surface area contributed by atoms with Gasteiger partial charge in [0.2, 0.25) is 9.84 Å². The van der Waals surface area contributed by atoms with Crippen LogP contribution in [0.4, 0.5) is 10.6 Å². The van der Waals surface area contributed by atoms with E-state index in [0.717, 1.165) is 12.3 Å². The monoisotopic (exact) mass is 552 g/mol. The number of sulfone groups is 1. The fourth-order valence-corrected chi connectivity index (χ4v) is 4.96. The van der Waals surface area contributed by atoms with Crippen molar-refractivity contribution in [1.82, 2.24) is 15.3 Å². The first kappa shape index (κ1) is 24.5. The molecule has 14 heteroatoms. The number of anilines is 1. The largest absolute Gasteiger partial charge is 0.327 e. The molecule has 0 saturated carbocycles. The van der Waals surface area contributed by atoms with Gasteiger partial charge in [-0.1, -0.05) is 64.1 Å². The highest BCUT2D eigenvalue weighted by atomic mass is 35.5. The number of rotatable bonds is 4. The molecule has 3 rings (SSSR count). The van der Waals surface area contributed by atoms with Crippen molar-refractivity contribution in [3.8, 4) is 0 Å². The summed E-state index contributed by atoms with van der Waals surface area (Å²) in [6.45, 7) is 0. The van der Waals surface area contributed by atoms with E-state index < -0.39 is 32.0 Å². The number of imide groups is 1. The lowest BCUT2D eigenvalue weighted by molar-refractivity contribution is 0.0967. The summed E-state index contributed by atoms with van der Waals surface area (Å²) in [5.41, 5.74) is -0.0989. The third-order valence-electron chi connectivity index (χ3n) is 3.81. The molecule has 0 saturated heterocycles. The zero-order valence-electron chi connectivity index (χ0n) is 15.4. The van der Waals surface area contributed by atoms with Gasteiger partial charge in [-0.25, -0.2) is 23.2 Å². The van der Waals surface area contributed by atoms with E-state index in [1.807, 2.05) is 5.32 Å². The van der Waals surface area contributed by atoms with Crippen molar-refractivity contribution >= 4 is 85.6 Å². The van der Waals surface area contributed by atoms with Crippen molar-refractivity contribution in [3.05, 3.63) is 73.4 Å². The van der Waals surface area contributed by atoms with Crippen molar-refractivity contribution < 1.29 is 18.0 Å². The topological polar surface area (TPSA) is 118 Å². The Morgan fingerprint density at radius 3 is 2.12 bits per heavy atom. The standard InChI is InChI=1S/C18H9Cl5N4O4S/c19-9-5-4-8(6-12(9)22)32(30,31)17-15(23)25-13(7-24-17)26-18(29)27-16(28)14-10(20)2-1-3-11(14)21/h1-7H,(H2,25,26,27,28,29). The van der Waals surface area contributed by atoms with Crippen molar-refractivity contribution in [2.75, 3.05) is 5.32 Å². The Labute approximate surface area is 206 Å². The van der Waals surface area contributed by atoms with Crippen LogP contribution in [0.3, 0.4) is 0 Å². The van der Waals surface area contributed by atoms with Crippen molar-refractivity contribution in [2.24, 2.45) is 0 Å².